The molecule has 1 aromatic heterocycles. The third-order valence-electron chi connectivity index (χ3n) is 3.46. The Labute approximate surface area is 161 Å². The summed E-state index contributed by atoms with van der Waals surface area (Å²) in [6, 6.07) is 11.1. The van der Waals surface area contributed by atoms with Crippen molar-refractivity contribution < 1.29 is 14.1 Å². The molecule has 0 saturated heterocycles. The highest BCUT2D eigenvalue weighted by Crippen LogP contribution is 2.33. The number of nitrogens with zero attached hydrogens (tertiary/aromatic N) is 3. The maximum Gasteiger partial charge on any atom is 0.307 e. The van der Waals surface area contributed by atoms with Crippen LogP contribution in [0.5, 0.6) is 5.75 Å². The van der Waals surface area contributed by atoms with Crippen LogP contribution in [-0.2, 0) is 0 Å². The summed E-state index contributed by atoms with van der Waals surface area (Å²) >= 11 is 3.39. The van der Waals surface area contributed by atoms with Crippen molar-refractivity contribution in [2.75, 3.05) is 17.7 Å². The zero-order valence-electron chi connectivity index (χ0n) is 13.9. The van der Waals surface area contributed by atoms with E-state index in [0.29, 0.717) is 5.82 Å². The van der Waals surface area contributed by atoms with Crippen molar-refractivity contribution in [1.82, 2.24) is 9.97 Å². The van der Waals surface area contributed by atoms with Gasteiger partial charge in [0, 0.05) is 28.5 Å². The molecule has 0 bridgehead atoms. The molecule has 0 atom stereocenters. The number of anilines is 4. The van der Waals surface area contributed by atoms with Crippen molar-refractivity contribution in [3.63, 3.8) is 0 Å². The van der Waals surface area contributed by atoms with Gasteiger partial charge in [0.1, 0.15) is 11.6 Å². The van der Waals surface area contributed by atoms with E-state index >= 15 is 0 Å². The molecular formula is C17H13BrFN5O3. The average Bonchev–Trinajstić information content (AvgIpc) is 2.63. The normalized spacial score (nSPS) is 10.3. The fourth-order valence-corrected chi connectivity index (χ4v) is 2.67. The molecule has 0 aliphatic rings. The first kappa shape index (κ1) is 18.5. The highest BCUT2D eigenvalue weighted by molar-refractivity contribution is 9.10. The van der Waals surface area contributed by atoms with Crippen LogP contribution in [0.1, 0.15) is 0 Å². The first-order chi connectivity index (χ1) is 13.0. The molecule has 0 unspecified atom stereocenters. The summed E-state index contributed by atoms with van der Waals surface area (Å²) in [4.78, 5) is 18.5. The molecule has 27 heavy (non-hydrogen) atoms. The molecule has 10 heteroatoms. The number of ether oxygens (including phenoxy) is 1. The van der Waals surface area contributed by atoms with Gasteiger partial charge in [0.15, 0.2) is 0 Å². The minimum Gasteiger partial charge on any atom is -0.494 e. The largest absolute Gasteiger partial charge is 0.494 e. The Hall–Kier alpha value is -3.27. The van der Waals surface area contributed by atoms with E-state index in [1.54, 1.807) is 6.07 Å². The van der Waals surface area contributed by atoms with Crippen LogP contribution in [0.3, 0.4) is 0 Å². The Morgan fingerprint density at radius 2 is 2.04 bits per heavy atom. The highest BCUT2D eigenvalue weighted by Gasteiger charge is 2.19. The standard InChI is InChI=1S/C17H13BrFN5O3/c1-27-15-8-12(19)14(24(25)26)9-13(15)22-17-20-6-5-16(23-17)21-11-4-2-3-10(18)7-11/h2-9H,1H3,(H2,20,21,22,23). The molecule has 1 heterocycles. The van der Waals surface area contributed by atoms with Crippen molar-refractivity contribution >= 4 is 44.8 Å². The second-order valence-electron chi connectivity index (χ2n) is 5.29. The number of rotatable bonds is 6. The van der Waals surface area contributed by atoms with Crippen LogP contribution in [-0.4, -0.2) is 22.0 Å². The van der Waals surface area contributed by atoms with Crippen LogP contribution >= 0.6 is 15.9 Å². The first-order valence-corrected chi connectivity index (χ1v) is 8.40. The Balaban J connectivity index is 1.88. The van der Waals surface area contributed by atoms with Gasteiger partial charge in [-0.3, -0.25) is 10.1 Å². The van der Waals surface area contributed by atoms with E-state index < -0.39 is 16.4 Å². The average molecular weight is 434 g/mol. The number of methoxy groups -OCH3 is 1. The van der Waals surface area contributed by atoms with Gasteiger partial charge in [0.2, 0.25) is 11.8 Å². The SMILES string of the molecule is COc1cc(F)c([N+](=O)[O-])cc1Nc1nccc(Nc2cccc(Br)c2)n1. The van der Waals surface area contributed by atoms with E-state index in [4.69, 9.17) is 4.74 Å². The third kappa shape index (κ3) is 4.47. The molecule has 3 aromatic rings. The van der Waals surface area contributed by atoms with Crippen molar-refractivity contribution in [2.45, 2.75) is 0 Å². The van der Waals surface area contributed by atoms with Gasteiger partial charge in [0.25, 0.3) is 0 Å². The maximum atomic E-state index is 13.8. The molecule has 138 valence electrons. The van der Waals surface area contributed by atoms with E-state index in [1.807, 2.05) is 24.3 Å². The Kier molecular flexibility index (Phi) is 5.46. The van der Waals surface area contributed by atoms with E-state index in [-0.39, 0.29) is 17.4 Å². The molecular weight excluding hydrogens is 421 g/mol. The summed E-state index contributed by atoms with van der Waals surface area (Å²) in [5.74, 6) is -0.240. The van der Waals surface area contributed by atoms with Gasteiger partial charge in [-0.2, -0.15) is 9.37 Å². The van der Waals surface area contributed by atoms with Gasteiger partial charge in [0.05, 0.1) is 17.7 Å². The molecule has 0 radical (unpaired) electrons. The molecule has 0 fully saturated rings. The fourth-order valence-electron chi connectivity index (χ4n) is 2.27. The second kappa shape index (κ2) is 7.96. The number of nitro benzene ring substituents is 1. The second-order valence-corrected chi connectivity index (χ2v) is 6.20. The van der Waals surface area contributed by atoms with Crippen LogP contribution in [0.25, 0.3) is 0 Å². The van der Waals surface area contributed by atoms with Gasteiger partial charge in [-0.25, -0.2) is 4.98 Å². The monoisotopic (exact) mass is 433 g/mol. The van der Waals surface area contributed by atoms with Gasteiger partial charge in [-0.1, -0.05) is 22.0 Å². The summed E-state index contributed by atoms with van der Waals surface area (Å²) in [6.07, 6.45) is 1.51. The molecule has 0 aliphatic heterocycles. The first-order valence-electron chi connectivity index (χ1n) is 7.61. The van der Waals surface area contributed by atoms with Gasteiger partial charge in [-0.05, 0) is 24.3 Å². The van der Waals surface area contributed by atoms with Crippen LogP contribution in [0, 0.1) is 15.9 Å². The lowest BCUT2D eigenvalue weighted by atomic mass is 10.2. The van der Waals surface area contributed by atoms with Crippen LogP contribution in [0.15, 0.2) is 53.1 Å². The lowest BCUT2D eigenvalue weighted by Gasteiger charge is -2.11. The van der Waals surface area contributed by atoms with Crippen molar-refractivity contribution in [3.8, 4) is 5.75 Å². The Morgan fingerprint density at radius 3 is 2.74 bits per heavy atom. The maximum absolute atomic E-state index is 13.8. The molecule has 2 aromatic carbocycles. The van der Waals surface area contributed by atoms with Crippen LogP contribution in [0.2, 0.25) is 0 Å². The zero-order chi connectivity index (χ0) is 19.4. The Bertz CT molecular complexity index is 1000. The predicted molar refractivity (Wildman–Crippen MR) is 102 cm³/mol. The minimum atomic E-state index is -0.992. The molecule has 0 saturated carbocycles. The van der Waals surface area contributed by atoms with E-state index in [2.05, 4.69) is 36.5 Å². The van der Waals surface area contributed by atoms with E-state index in [0.717, 1.165) is 22.3 Å². The summed E-state index contributed by atoms with van der Waals surface area (Å²) in [7, 11) is 1.33. The summed E-state index contributed by atoms with van der Waals surface area (Å²) in [5.41, 5.74) is 0.302. The molecule has 8 nitrogen and oxygen atoms in total. The highest BCUT2D eigenvalue weighted by atomic mass is 79.9. The van der Waals surface area contributed by atoms with Crippen LogP contribution in [0.4, 0.5) is 33.2 Å². The molecule has 0 aliphatic carbocycles. The Morgan fingerprint density at radius 1 is 1.22 bits per heavy atom. The summed E-state index contributed by atoms with van der Waals surface area (Å²) in [5, 5.41) is 16.9. The zero-order valence-corrected chi connectivity index (χ0v) is 15.5. The quantitative estimate of drug-likeness (QED) is 0.425. The number of hydrogen-bond donors (Lipinski definition) is 2. The lowest BCUT2D eigenvalue weighted by molar-refractivity contribution is -0.387. The third-order valence-corrected chi connectivity index (χ3v) is 3.96. The molecule has 0 amide bonds. The number of benzene rings is 2. The number of nitrogens with one attached hydrogen (secondary N) is 2. The van der Waals surface area contributed by atoms with Gasteiger partial charge >= 0.3 is 5.69 Å². The summed E-state index contributed by atoms with van der Waals surface area (Å²) < 4.78 is 19.7. The smallest absolute Gasteiger partial charge is 0.307 e. The molecule has 0 spiro atoms. The number of nitro groups is 1. The topological polar surface area (TPSA) is 102 Å². The number of halogens is 2. The van der Waals surface area contributed by atoms with Crippen molar-refractivity contribution in [2.24, 2.45) is 0 Å². The van der Waals surface area contributed by atoms with Gasteiger partial charge < -0.3 is 15.4 Å². The predicted octanol–water partition coefficient (Wildman–Crippen LogP) is 4.78. The van der Waals surface area contributed by atoms with Crippen molar-refractivity contribution in [3.05, 3.63) is 69.1 Å². The number of hydrogen-bond acceptors (Lipinski definition) is 7. The molecule has 2 N–H and O–H groups in total. The lowest BCUT2D eigenvalue weighted by Crippen LogP contribution is -2.03. The minimum absolute atomic E-state index is 0.0899. The number of aromatic nitrogens is 2. The summed E-state index contributed by atoms with van der Waals surface area (Å²) in [6.45, 7) is 0. The van der Waals surface area contributed by atoms with Gasteiger partial charge in [-0.15, -0.1) is 0 Å². The fraction of sp³-hybridized carbons (Fsp3) is 0.0588. The van der Waals surface area contributed by atoms with E-state index in [1.165, 1.54) is 13.3 Å². The van der Waals surface area contributed by atoms with E-state index in [9.17, 15) is 14.5 Å². The van der Waals surface area contributed by atoms with Crippen molar-refractivity contribution in [1.29, 1.82) is 0 Å². The molecule has 3 rings (SSSR count). The van der Waals surface area contributed by atoms with Crippen LogP contribution < -0.4 is 15.4 Å².